The molecule has 4 aliphatic rings. The number of piperidine rings is 4. The Morgan fingerprint density at radius 3 is 1.27 bits per heavy atom. The number of hydrogen-bond donors (Lipinski definition) is 0. The molecule has 410 valence electrons. The van der Waals surface area contributed by atoms with Crippen LogP contribution in [-0.2, 0) is 41.5 Å². The summed E-state index contributed by atoms with van der Waals surface area (Å²) in [6.07, 6.45) is 8.81. The molecule has 0 saturated carbocycles. The van der Waals surface area contributed by atoms with Crippen molar-refractivity contribution in [2.24, 2.45) is 17.3 Å². The number of anilines is 2. The molecule has 2 amide bonds. The predicted molar refractivity (Wildman–Crippen MR) is 294 cm³/mol. The maximum Gasteiger partial charge on any atom is 0.410 e. The van der Waals surface area contributed by atoms with Gasteiger partial charge in [-0.25, -0.2) is 9.59 Å². The third-order valence-electron chi connectivity index (χ3n) is 15.1. The van der Waals surface area contributed by atoms with E-state index in [2.05, 4.69) is 85.8 Å². The number of aryl methyl sites for hydroxylation is 3. The second-order valence-corrected chi connectivity index (χ2v) is 26.5. The van der Waals surface area contributed by atoms with Gasteiger partial charge in [0.1, 0.15) is 22.4 Å². The summed E-state index contributed by atoms with van der Waals surface area (Å²) in [5.41, 5.74) is 6.18. The van der Waals surface area contributed by atoms with Crippen molar-refractivity contribution in [3.8, 4) is 0 Å². The Bertz CT molecular complexity index is 2170. The van der Waals surface area contributed by atoms with E-state index in [0.29, 0.717) is 13.1 Å². The molecule has 0 unspecified atom stereocenters. The first-order valence-electron chi connectivity index (χ1n) is 27.5. The molecule has 4 saturated heterocycles. The van der Waals surface area contributed by atoms with Gasteiger partial charge in [-0.15, -0.1) is 0 Å². The lowest BCUT2D eigenvalue weighted by atomic mass is 9.76. The highest BCUT2D eigenvalue weighted by Crippen LogP contribution is 2.39. The largest absolute Gasteiger partial charge is 0.460 e. The van der Waals surface area contributed by atoms with Crippen LogP contribution in [0.5, 0.6) is 0 Å². The molecular weight excluding hydrogens is 919 g/mol. The second-order valence-electron chi connectivity index (χ2n) is 26.5. The molecule has 4 heterocycles. The van der Waals surface area contributed by atoms with Crippen molar-refractivity contribution in [3.63, 3.8) is 0 Å². The Kier molecular flexibility index (Phi) is 19.5. The number of ether oxygens (including phenoxy) is 4. The molecule has 0 radical (unpaired) electrons. The van der Waals surface area contributed by atoms with E-state index in [9.17, 15) is 19.2 Å². The second kappa shape index (κ2) is 24.0. The smallest absolute Gasteiger partial charge is 0.410 e. The zero-order chi connectivity index (χ0) is 54.3. The van der Waals surface area contributed by atoms with Crippen molar-refractivity contribution in [1.29, 1.82) is 0 Å². The maximum atomic E-state index is 12.6. The van der Waals surface area contributed by atoms with Gasteiger partial charge in [-0.3, -0.25) is 14.5 Å². The first-order chi connectivity index (χ1) is 33.7. The molecule has 0 bridgehead atoms. The van der Waals surface area contributed by atoms with Gasteiger partial charge in [0.15, 0.2) is 0 Å². The molecule has 73 heavy (non-hydrogen) atoms. The minimum absolute atomic E-state index is 0.00434. The van der Waals surface area contributed by atoms with Gasteiger partial charge in [0.05, 0.1) is 11.8 Å². The lowest BCUT2D eigenvalue weighted by molar-refractivity contribution is -0.161. The molecule has 0 aromatic heterocycles. The Balaban J connectivity index is 0.000000271. The molecule has 13 heteroatoms. The minimum Gasteiger partial charge on any atom is -0.460 e. The third kappa shape index (κ3) is 18.4. The molecule has 2 aromatic rings. The minimum atomic E-state index is -0.474. The van der Waals surface area contributed by atoms with Crippen LogP contribution in [0.25, 0.3) is 0 Å². The van der Waals surface area contributed by atoms with Gasteiger partial charge in [0, 0.05) is 75.8 Å². The fourth-order valence-electron chi connectivity index (χ4n) is 10.3. The highest BCUT2D eigenvalue weighted by Gasteiger charge is 2.38. The standard InChI is InChI=1S/C30H49N3O4.C30H48N2O4/c1-22-10-11-24(25(20-22)32-16-12-23(13-17-32)26(34)36-28(2,3)4)21-31(9)30(8)14-18-33(19-15-30)27(35)37-29(5,6)7;1-22-9-10-23(11-14-30(8)15-19-32(20-16-30)27(34)36-29(5,6)7)25(21-22)31-17-12-24(13-18-31)26(33)35-28(2,3)4/h10-11,20,23H,12-19,21H2,1-9H3;9-10,21,24H,11-20H2,1-8H3. The summed E-state index contributed by atoms with van der Waals surface area (Å²) < 4.78 is 22.4. The van der Waals surface area contributed by atoms with Crippen LogP contribution in [0.3, 0.4) is 0 Å². The summed E-state index contributed by atoms with van der Waals surface area (Å²) in [6, 6.07) is 13.5. The van der Waals surface area contributed by atoms with E-state index in [1.54, 1.807) is 0 Å². The summed E-state index contributed by atoms with van der Waals surface area (Å²) in [7, 11) is 2.20. The Morgan fingerprint density at radius 2 is 0.890 bits per heavy atom. The highest BCUT2D eigenvalue weighted by atomic mass is 16.6. The van der Waals surface area contributed by atoms with E-state index in [1.807, 2.05) is 92.9 Å². The topological polar surface area (TPSA) is 121 Å². The molecular formula is C60H97N5O8. The van der Waals surface area contributed by atoms with E-state index in [1.165, 1.54) is 33.6 Å². The fraction of sp³-hybridized carbons (Fsp3) is 0.733. The van der Waals surface area contributed by atoms with Gasteiger partial charge < -0.3 is 38.5 Å². The number of rotatable bonds is 10. The molecule has 0 aliphatic carbocycles. The maximum absolute atomic E-state index is 12.6. The SMILES string of the molecule is Cc1ccc(CCC2(C)CCN(C(=O)OC(C)(C)C)CC2)c(N2CCC(C(=O)OC(C)(C)C)CC2)c1.Cc1ccc(CN(C)C2(C)CCN(C(=O)OC(C)(C)C)CC2)c(N2CCC(C(=O)OC(C)(C)C)CC2)c1. The lowest BCUT2D eigenvalue weighted by Gasteiger charge is -2.45. The Labute approximate surface area is 441 Å². The van der Waals surface area contributed by atoms with E-state index in [-0.39, 0.29) is 46.9 Å². The Hall–Kier alpha value is -4.52. The fourth-order valence-corrected chi connectivity index (χ4v) is 10.3. The average Bonchev–Trinajstić information content (AvgIpc) is 3.27. The number of hydrogen-bond acceptors (Lipinski definition) is 11. The van der Waals surface area contributed by atoms with Crippen LogP contribution in [0.2, 0.25) is 0 Å². The number of amides is 2. The van der Waals surface area contributed by atoms with Gasteiger partial charge in [0.2, 0.25) is 0 Å². The molecule has 2 aromatic carbocycles. The molecule has 4 aliphatic heterocycles. The molecule has 0 atom stereocenters. The van der Waals surface area contributed by atoms with Crippen molar-refractivity contribution in [1.82, 2.24) is 14.7 Å². The van der Waals surface area contributed by atoms with Gasteiger partial charge in [-0.2, -0.15) is 0 Å². The quantitative estimate of drug-likeness (QED) is 0.167. The molecule has 0 N–H and O–H groups in total. The first-order valence-corrected chi connectivity index (χ1v) is 27.5. The molecule has 0 spiro atoms. The van der Waals surface area contributed by atoms with Gasteiger partial charge >= 0.3 is 24.1 Å². The number of carbonyl (C=O) groups is 4. The van der Waals surface area contributed by atoms with E-state index < -0.39 is 22.4 Å². The van der Waals surface area contributed by atoms with Crippen molar-refractivity contribution in [2.45, 2.75) is 209 Å². The number of likely N-dealkylation sites (tertiary alicyclic amines) is 2. The average molecular weight is 1020 g/mol. The highest BCUT2D eigenvalue weighted by molar-refractivity contribution is 5.74. The Morgan fingerprint density at radius 1 is 0.534 bits per heavy atom. The van der Waals surface area contributed by atoms with Gasteiger partial charge in [-0.1, -0.05) is 31.2 Å². The lowest BCUT2D eigenvalue weighted by Crippen LogP contribution is -2.53. The summed E-state index contributed by atoms with van der Waals surface area (Å²) in [4.78, 5) is 61.2. The van der Waals surface area contributed by atoms with Crippen molar-refractivity contribution in [2.75, 3.05) is 69.2 Å². The van der Waals surface area contributed by atoms with Crippen molar-refractivity contribution in [3.05, 3.63) is 58.7 Å². The summed E-state index contributed by atoms with van der Waals surface area (Å²) in [5.74, 6) is -0.164. The monoisotopic (exact) mass is 1020 g/mol. The van der Waals surface area contributed by atoms with E-state index >= 15 is 0 Å². The van der Waals surface area contributed by atoms with Crippen LogP contribution >= 0.6 is 0 Å². The number of carbonyl (C=O) groups excluding carboxylic acids is 4. The van der Waals surface area contributed by atoms with Crippen LogP contribution < -0.4 is 9.80 Å². The number of nitrogens with zero attached hydrogens (tertiary/aromatic N) is 5. The van der Waals surface area contributed by atoms with E-state index in [0.717, 1.165) is 110 Å². The predicted octanol–water partition coefficient (Wildman–Crippen LogP) is 12.3. The van der Waals surface area contributed by atoms with Crippen LogP contribution in [0, 0.1) is 31.1 Å². The summed E-state index contributed by atoms with van der Waals surface area (Å²) >= 11 is 0. The van der Waals surface area contributed by atoms with Gasteiger partial charge in [0.25, 0.3) is 0 Å². The summed E-state index contributed by atoms with van der Waals surface area (Å²) in [6.45, 7) is 39.2. The number of benzene rings is 2. The van der Waals surface area contributed by atoms with Crippen LogP contribution in [0.15, 0.2) is 36.4 Å². The number of esters is 2. The molecule has 4 fully saturated rings. The van der Waals surface area contributed by atoms with Gasteiger partial charge in [-0.05, 0) is 215 Å². The zero-order valence-electron chi connectivity index (χ0n) is 48.6. The molecule has 6 rings (SSSR count). The van der Waals surface area contributed by atoms with E-state index in [4.69, 9.17) is 18.9 Å². The van der Waals surface area contributed by atoms with Crippen molar-refractivity contribution < 1.29 is 38.1 Å². The summed E-state index contributed by atoms with van der Waals surface area (Å²) in [5, 5.41) is 0. The normalized spacial score (nSPS) is 19.2. The molecule has 13 nitrogen and oxygen atoms in total. The zero-order valence-corrected chi connectivity index (χ0v) is 48.6. The van der Waals surface area contributed by atoms with Crippen LogP contribution in [0.1, 0.15) is 177 Å². The third-order valence-corrected chi connectivity index (χ3v) is 15.1. The first kappa shape index (κ1) is 59.4. The van der Waals surface area contributed by atoms with Crippen LogP contribution in [0.4, 0.5) is 21.0 Å². The van der Waals surface area contributed by atoms with Crippen LogP contribution in [-0.4, -0.2) is 126 Å². The van der Waals surface area contributed by atoms with Crippen molar-refractivity contribution >= 4 is 35.5 Å².